The van der Waals surface area contributed by atoms with Gasteiger partial charge in [-0.25, -0.2) is 4.98 Å². The third-order valence-corrected chi connectivity index (χ3v) is 6.16. The number of hydrogen-bond acceptors (Lipinski definition) is 5. The first-order valence-corrected chi connectivity index (χ1v) is 12.7. The molecule has 1 aliphatic rings. The molecule has 0 aromatic carbocycles. The average Bonchev–Trinajstić information content (AvgIpc) is 3.30. The third kappa shape index (κ3) is 4.72. The van der Waals surface area contributed by atoms with Crippen LogP contribution in [0.2, 0.25) is 31.0 Å². The Morgan fingerprint density at radius 2 is 2.16 bits per heavy atom. The molecule has 1 aliphatic carbocycles. The lowest BCUT2D eigenvalue weighted by Gasteiger charge is -2.15. The lowest BCUT2D eigenvalue weighted by molar-refractivity contribution is 0.0898. The van der Waals surface area contributed by atoms with Gasteiger partial charge in [-0.1, -0.05) is 19.6 Å². The maximum atomic E-state index is 9.50. The summed E-state index contributed by atoms with van der Waals surface area (Å²) in [6, 6.07) is 3.33. The molecule has 0 unspecified atom stereocenters. The van der Waals surface area contributed by atoms with Crippen LogP contribution in [0.3, 0.4) is 0 Å². The third-order valence-electron chi connectivity index (χ3n) is 4.29. The monoisotopic (exact) mass is 377 g/mol. The molecule has 0 spiro atoms. The van der Waals surface area contributed by atoms with Gasteiger partial charge in [-0.05, 0) is 36.4 Å². The molecule has 2 aromatic heterocycles. The van der Waals surface area contributed by atoms with Crippen molar-refractivity contribution in [3.63, 3.8) is 0 Å². The van der Waals surface area contributed by atoms with E-state index in [1.54, 1.807) is 6.20 Å². The van der Waals surface area contributed by atoms with E-state index in [4.69, 9.17) is 16.3 Å². The van der Waals surface area contributed by atoms with E-state index in [1.807, 2.05) is 4.57 Å². The van der Waals surface area contributed by atoms with Gasteiger partial charge in [-0.3, -0.25) is 0 Å². The van der Waals surface area contributed by atoms with E-state index >= 15 is 0 Å². The first-order chi connectivity index (χ1) is 11.9. The van der Waals surface area contributed by atoms with Gasteiger partial charge in [0.05, 0.1) is 10.9 Å². The van der Waals surface area contributed by atoms with Gasteiger partial charge in [0.2, 0.25) is 5.28 Å². The summed E-state index contributed by atoms with van der Waals surface area (Å²) in [6.45, 7) is 8.88. The first kappa shape index (κ1) is 18.2. The smallest absolute Gasteiger partial charge is 0.226 e. The minimum absolute atomic E-state index is 0.178. The Hall–Kier alpha value is -1.62. The zero-order valence-electron chi connectivity index (χ0n) is 15.0. The summed E-state index contributed by atoms with van der Waals surface area (Å²) in [6.07, 6.45) is 4.25. The van der Waals surface area contributed by atoms with E-state index in [0.717, 1.165) is 18.0 Å². The Morgan fingerprint density at radius 3 is 2.80 bits per heavy atom. The second-order valence-corrected chi connectivity index (χ2v) is 13.8. The molecule has 3 rings (SSSR count). The minimum Gasteiger partial charge on any atom is -0.369 e. The van der Waals surface area contributed by atoms with Gasteiger partial charge in [0, 0.05) is 27.4 Å². The fourth-order valence-corrected chi connectivity index (χ4v) is 3.50. The number of nitrogens with one attached hydrogen (secondary N) is 1. The standard InChI is InChI=1S/C17H24ClN5OSi/c1-25(2,3)7-6-24-11-23-10-13(8-19)14-15(20-9-12-4-5-12)21-17(18)22-16(14)23/h10,12H,4-7,9,11H2,1-3H3,(H,20,21,22). The van der Waals surface area contributed by atoms with Gasteiger partial charge in [0.25, 0.3) is 0 Å². The summed E-state index contributed by atoms with van der Waals surface area (Å²) in [5.41, 5.74) is 1.18. The van der Waals surface area contributed by atoms with Crippen molar-refractivity contribution in [1.29, 1.82) is 5.26 Å². The normalized spacial score (nSPS) is 14.7. The van der Waals surface area contributed by atoms with Crippen LogP contribution in [0, 0.1) is 17.2 Å². The molecule has 0 amide bonds. The van der Waals surface area contributed by atoms with E-state index < -0.39 is 8.07 Å². The van der Waals surface area contributed by atoms with Crippen LogP contribution < -0.4 is 5.32 Å². The quantitative estimate of drug-likeness (QED) is 0.426. The molecule has 1 N–H and O–H groups in total. The molecular weight excluding hydrogens is 354 g/mol. The van der Waals surface area contributed by atoms with Crippen LogP contribution in [-0.2, 0) is 11.5 Å². The molecule has 2 heterocycles. The predicted octanol–water partition coefficient (Wildman–Crippen LogP) is 4.09. The van der Waals surface area contributed by atoms with Crippen LogP contribution in [0.15, 0.2) is 6.20 Å². The summed E-state index contributed by atoms with van der Waals surface area (Å²) in [7, 11) is -1.13. The SMILES string of the molecule is C[Si](C)(C)CCOCn1cc(C#N)c2c(NCC3CC3)nc(Cl)nc21. The molecule has 0 aliphatic heterocycles. The van der Waals surface area contributed by atoms with Crippen LogP contribution >= 0.6 is 11.6 Å². The zero-order chi connectivity index (χ0) is 18.0. The molecule has 0 bridgehead atoms. The second-order valence-electron chi connectivity index (χ2n) is 7.84. The van der Waals surface area contributed by atoms with Gasteiger partial charge >= 0.3 is 0 Å². The predicted molar refractivity (Wildman–Crippen MR) is 103 cm³/mol. The molecule has 134 valence electrons. The molecule has 0 radical (unpaired) electrons. The Morgan fingerprint density at radius 1 is 1.40 bits per heavy atom. The number of anilines is 1. The van der Waals surface area contributed by atoms with Crippen LogP contribution in [0.25, 0.3) is 11.0 Å². The van der Waals surface area contributed by atoms with E-state index in [0.29, 0.717) is 36.3 Å². The van der Waals surface area contributed by atoms with Crippen molar-refractivity contribution in [1.82, 2.24) is 14.5 Å². The number of rotatable bonds is 8. The highest BCUT2D eigenvalue weighted by Gasteiger charge is 2.23. The number of ether oxygens (including phenoxy) is 1. The number of nitrogens with zero attached hydrogens (tertiary/aromatic N) is 4. The highest BCUT2D eigenvalue weighted by molar-refractivity contribution is 6.76. The molecule has 6 nitrogen and oxygen atoms in total. The maximum absolute atomic E-state index is 9.50. The van der Waals surface area contributed by atoms with Crippen molar-refractivity contribution < 1.29 is 4.74 Å². The fourth-order valence-electron chi connectivity index (χ4n) is 2.58. The average molecular weight is 378 g/mol. The van der Waals surface area contributed by atoms with E-state index in [1.165, 1.54) is 12.8 Å². The Bertz CT molecular complexity index is 804. The van der Waals surface area contributed by atoms with Crippen molar-refractivity contribution in [2.24, 2.45) is 5.92 Å². The van der Waals surface area contributed by atoms with Gasteiger partial charge in [-0.15, -0.1) is 0 Å². The molecule has 0 atom stereocenters. The van der Waals surface area contributed by atoms with Crippen molar-refractivity contribution in [3.8, 4) is 6.07 Å². The Balaban J connectivity index is 1.82. The number of halogens is 1. The maximum Gasteiger partial charge on any atom is 0.226 e. The van der Waals surface area contributed by atoms with Crippen molar-refractivity contribution in [3.05, 3.63) is 17.0 Å². The first-order valence-electron chi connectivity index (χ1n) is 8.65. The molecule has 1 saturated carbocycles. The molecule has 2 aromatic rings. The van der Waals surface area contributed by atoms with Gasteiger partial charge in [0.15, 0.2) is 0 Å². The largest absolute Gasteiger partial charge is 0.369 e. The van der Waals surface area contributed by atoms with Crippen LogP contribution in [0.5, 0.6) is 0 Å². The Labute approximate surface area is 154 Å². The lowest BCUT2D eigenvalue weighted by atomic mass is 10.2. The number of hydrogen-bond donors (Lipinski definition) is 1. The number of aromatic nitrogens is 3. The van der Waals surface area contributed by atoms with Gasteiger partial charge in [0.1, 0.15) is 24.3 Å². The summed E-state index contributed by atoms with van der Waals surface area (Å²) >= 11 is 6.11. The molecule has 8 heteroatoms. The summed E-state index contributed by atoms with van der Waals surface area (Å²) in [4.78, 5) is 8.63. The summed E-state index contributed by atoms with van der Waals surface area (Å²) in [5, 5.41) is 13.7. The Kier molecular flexibility index (Phi) is 5.32. The molecule has 0 saturated heterocycles. The van der Waals surface area contributed by atoms with E-state index in [9.17, 15) is 5.26 Å². The number of fused-ring (bicyclic) bond motifs is 1. The topological polar surface area (TPSA) is 75.8 Å². The van der Waals surface area contributed by atoms with Crippen molar-refractivity contribution in [2.45, 2.75) is 45.3 Å². The molecule has 1 fully saturated rings. The second kappa shape index (κ2) is 7.32. The zero-order valence-corrected chi connectivity index (χ0v) is 16.7. The van der Waals surface area contributed by atoms with Crippen LogP contribution in [0.1, 0.15) is 18.4 Å². The number of nitriles is 1. The van der Waals surface area contributed by atoms with Gasteiger partial charge < -0.3 is 14.6 Å². The minimum atomic E-state index is -1.13. The van der Waals surface area contributed by atoms with Crippen molar-refractivity contribution >= 4 is 36.5 Å². The van der Waals surface area contributed by atoms with E-state index in [-0.39, 0.29) is 5.28 Å². The lowest BCUT2D eigenvalue weighted by Crippen LogP contribution is -2.22. The fraction of sp³-hybridized carbons (Fsp3) is 0.588. The van der Waals surface area contributed by atoms with Crippen molar-refractivity contribution in [2.75, 3.05) is 18.5 Å². The summed E-state index contributed by atoms with van der Waals surface area (Å²) in [5.74, 6) is 1.33. The molecular formula is C17H24ClN5OSi. The molecule has 25 heavy (non-hydrogen) atoms. The van der Waals surface area contributed by atoms with Crippen LogP contribution in [0.4, 0.5) is 5.82 Å². The van der Waals surface area contributed by atoms with Crippen LogP contribution in [-0.4, -0.2) is 35.8 Å². The van der Waals surface area contributed by atoms with Gasteiger partial charge in [-0.2, -0.15) is 10.2 Å². The summed E-state index contributed by atoms with van der Waals surface area (Å²) < 4.78 is 7.66. The highest BCUT2D eigenvalue weighted by atomic mass is 35.5. The highest BCUT2D eigenvalue weighted by Crippen LogP contribution is 2.31. The van der Waals surface area contributed by atoms with E-state index in [2.05, 4.69) is 41.0 Å².